The zero-order chi connectivity index (χ0) is 29.2. The number of aryl methyl sites for hydroxylation is 1. The maximum Gasteiger partial charge on any atom is 0.263 e. The van der Waals surface area contributed by atoms with Gasteiger partial charge in [-0.1, -0.05) is 11.3 Å². The number of fused-ring (bicyclic) bond motifs is 6. The van der Waals surface area contributed by atoms with E-state index in [9.17, 15) is 19.2 Å². The summed E-state index contributed by atoms with van der Waals surface area (Å²) in [6.45, 7) is 1.43. The van der Waals surface area contributed by atoms with E-state index < -0.39 is 11.5 Å². The smallest absolute Gasteiger partial charge is 0.263 e. The van der Waals surface area contributed by atoms with Crippen molar-refractivity contribution < 1.29 is 18.8 Å². The number of amides is 3. The van der Waals surface area contributed by atoms with Gasteiger partial charge in [0.15, 0.2) is 0 Å². The van der Waals surface area contributed by atoms with E-state index in [4.69, 9.17) is 4.42 Å². The molecule has 0 saturated carbocycles. The van der Waals surface area contributed by atoms with E-state index in [1.165, 1.54) is 15.5 Å². The van der Waals surface area contributed by atoms with Crippen molar-refractivity contribution in [2.45, 2.75) is 31.8 Å². The standard InChI is InChI=1S/C29H31N7O5S/c1-33-12-10-30-26(37)14-19-15-35(27(38)9-7-21-6-8-24(41-21)25-5-3-13-42-25)18-23(19)36-17-20(31-32-36)16-34-11-2-4-22(28(33)39)29(34)40/h2-6,8,11,13,17,19,23H,7,9-10,12,14-16,18H2,1H3,(H,30,37)/t19-,23+/m0/s1. The molecule has 2 atom stereocenters. The third kappa shape index (κ3) is 5.77. The number of hydrogen-bond acceptors (Lipinski definition) is 8. The van der Waals surface area contributed by atoms with Crippen LogP contribution in [0, 0.1) is 5.92 Å². The molecule has 2 aliphatic rings. The van der Waals surface area contributed by atoms with E-state index in [1.54, 1.807) is 46.4 Å². The number of furan rings is 1. The number of likely N-dealkylation sites (tertiary alicyclic amines) is 1. The Morgan fingerprint density at radius 1 is 1.14 bits per heavy atom. The van der Waals surface area contributed by atoms with Gasteiger partial charge in [0.2, 0.25) is 11.8 Å². The summed E-state index contributed by atoms with van der Waals surface area (Å²) < 4.78 is 9.07. The van der Waals surface area contributed by atoms with Gasteiger partial charge in [0.1, 0.15) is 22.8 Å². The predicted molar refractivity (Wildman–Crippen MR) is 154 cm³/mol. The zero-order valence-corrected chi connectivity index (χ0v) is 24.0. The van der Waals surface area contributed by atoms with Gasteiger partial charge in [-0.25, -0.2) is 4.68 Å². The Labute approximate surface area is 245 Å². The Morgan fingerprint density at radius 3 is 2.86 bits per heavy atom. The Balaban J connectivity index is 1.19. The maximum absolute atomic E-state index is 13.3. The summed E-state index contributed by atoms with van der Waals surface area (Å²) in [6.07, 6.45) is 4.32. The molecule has 0 aliphatic carbocycles. The molecule has 4 bridgehead atoms. The average Bonchev–Trinajstić information content (AvgIpc) is 3.79. The first-order valence-corrected chi connectivity index (χ1v) is 14.8. The van der Waals surface area contributed by atoms with Crippen LogP contribution in [0.1, 0.15) is 40.7 Å². The molecule has 2 aliphatic heterocycles. The largest absolute Gasteiger partial charge is 0.460 e. The number of thiophene rings is 1. The SMILES string of the molecule is CN1CCNC(=O)C[C@H]2CN(C(=O)CCc3ccc(-c4cccs4)o3)C[C@H]2n2cc(nn2)Cn2cccc(c2=O)C1=O. The topological polar surface area (TPSA) is 136 Å². The lowest BCUT2D eigenvalue weighted by Crippen LogP contribution is -2.39. The Bertz CT molecular complexity index is 1660. The fourth-order valence-corrected chi connectivity index (χ4v) is 6.22. The van der Waals surface area contributed by atoms with Crippen molar-refractivity contribution in [1.29, 1.82) is 0 Å². The summed E-state index contributed by atoms with van der Waals surface area (Å²) in [6, 6.07) is 10.7. The molecule has 0 radical (unpaired) electrons. The van der Waals surface area contributed by atoms with Crippen molar-refractivity contribution in [2.75, 3.05) is 33.2 Å². The van der Waals surface area contributed by atoms with Gasteiger partial charge >= 0.3 is 0 Å². The fraction of sp³-hybridized carbons (Fsp3) is 0.379. The highest BCUT2D eigenvalue weighted by Gasteiger charge is 2.38. The zero-order valence-electron chi connectivity index (χ0n) is 23.1. The molecule has 0 unspecified atom stereocenters. The van der Waals surface area contributed by atoms with Crippen LogP contribution in [0.25, 0.3) is 10.6 Å². The average molecular weight is 590 g/mol. The monoisotopic (exact) mass is 589 g/mol. The van der Waals surface area contributed by atoms with Crippen LogP contribution in [-0.2, 0) is 22.6 Å². The molecule has 4 aromatic heterocycles. The molecular weight excluding hydrogens is 558 g/mol. The lowest BCUT2D eigenvalue weighted by molar-refractivity contribution is -0.130. The van der Waals surface area contributed by atoms with E-state index >= 15 is 0 Å². The molecule has 1 fully saturated rings. The van der Waals surface area contributed by atoms with Crippen LogP contribution in [0.4, 0.5) is 0 Å². The molecule has 1 N–H and O–H groups in total. The van der Waals surface area contributed by atoms with Gasteiger partial charge in [-0.2, -0.15) is 0 Å². The fourth-order valence-electron chi connectivity index (χ4n) is 5.54. The van der Waals surface area contributed by atoms with E-state index in [1.807, 2.05) is 29.6 Å². The number of nitrogens with one attached hydrogen (secondary N) is 1. The number of pyridine rings is 1. The summed E-state index contributed by atoms with van der Waals surface area (Å²) >= 11 is 1.60. The van der Waals surface area contributed by atoms with Gasteiger partial charge in [0.25, 0.3) is 11.5 Å². The van der Waals surface area contributed by atoms with Gasteiger partial charge in [0, 0.05) is 64.6 Å². The van der Waals surface area contributed by atoms with E-state index in [-0.39, 0.29) is 61.8 Å². The Hall–Kier alpha value is -4.52. The first kappa shape index (κ1) is 27.6. The number of carbonyl (C=O) groups excluding carboxylic acids is 3. The highest BCUT2D eigenvalue weighted by molar-refractivity contribution is 7.13. The highest BCUT2D eigenvalue weighted by atomic mass is 32.1. The number of aromatic nitrogens is 4. The van der Waals surface area contributed by atoms with E-state index in [2.05, 4.69) is 15.6 Å². The molecule has 3 amide bonds. The van der Waals surface area contributed by atoms with Crippen molar-refractivity contribution in [2.24, 2.45) is 5.92 Å². The number of nitrogens with zero attached hydrogens (tertiary/aromatic N) is 6. The molecule has 13 heteroatoms. The summed E-state index contributed by atoms with van der Waals surface area (Å²) in [7, 11) is 1.60. The van der Waals surface area contributed by atoms with Gasteiger partial charge in [-0.05, 0) is 35.7 Å². The van der Waals surface area contributed by atoms with Gasteiger partial charge in [0.05, 0.1) is 23.7 Å². The summed E-state index contributed by atoms with van der Waals surface area (Å²) in [5.41, 5.74) is 0.164. The Kier molecular flexibility index (Phi) is 7.74. The molecule has 6 heterocycles. The number of hydrogen-bond donors (Lipinski definition) is 1. The number of likely N-dealkylation sites (N-methyl/N-ethyl adjacent to an activating group) is 1. The predicted octanol–water partition coefficient (Wildman–Crippen LogP) is 2.03. The Morgan fingerprint density at radius 2 is 2.02 bits per heavy atom. The van der Waals surface area contributed by atoms with Gasteiger partial charge in [-0.15, -0.1) is 16.4 Å². The second kappa shape index (κ2) is 11.8. The van der Waals surface area contributed by atoms with Crippen LogP contribution in [0.15, 0.2) is 63.4 Å². The number of rotatable bonds is 4. The number of carbonyl (C=O) groups is 3. The van der Waals surface area contributed by atoms with Crippen LogP contribution >= 0.6 is 11.3 Å². The second-order valence-electron chi connectivity index (χ2n) is 10.7. The van der Waals surface area contributed by atoms with Crippen LogP contribution in [0.3, 0.4) is 0 Å². The van der Waals surface area contributed by atoms with E-state index in [0.717, 1.165) is 16.4 Å². The van der Waals surface area contributed by atoms with E-state index in [0.29, 0.717) is 25.2 Å². The lowest BCUT2D eigenvalue weighted by Gasteiger charge is -2.20. The molecule has 6 rings (SSSR count). The molecule has 42 heavy (non-hydrogen) atoms. The van der Waals surface area contributed by atoms with Gasteiger partial charge in [-0.3, -0.25) is 19.2 Å². The van der Waals surface area contributed by atoms with Crippen LogP contribution in [-0.4, -0.2) is 80.3 Å². The third-order valence-corrected chi connectivity index (χ3v) is 8.70. The van der Waals surface area contributed by atoms with Gasteiger partial charge < -0.3 is 24.1 Å². The first-order valence-electron chi connectivity index (χ1n) is 13.9. The molecular formula is C29H31N7O5S. The minimum Gasteiger partial charge on any atom is -0.460 e. The minimum absolute atomic E-state index is 0.0216. The molecule has 0 aromatic carbocycles. The normalized spacial score (nSPS) is 19.5. The molecule has 1 saturated heterocycles. The van der Waals surface area contributed by atoms with Crippen molar-refractivity contribution >= 4 is 29.1 Å². The third-order valence-electron chi connectivity index (χ3n) is 7.81. The molecule has 218 valence electrons. The summed E-state index contributed by atoms with van der Waals surface area (Å²) in [5.74, 6) is 0.747. The van der Waals surface area contributed by atoms with Crippen molar-refractivity contribution in [1.82, 2.24) is 34.7 Å². The van der Waals surface area contributed by atoms with Crippen LogP contribution in [0.2, 0.25) is 0 Å². The summed E-state index contributed by atoms with van der Waals surface area (Å²) in [5, 5.41) is 13.5. The minimum atomic E-state index is -0.422. The molecule has 12 nitrogen and oxygen atoms in total. The van der Waals surface area contributed by atoms with Crippen LogP contribution in [0.5, 0.6) is 0 Å². The van der Waals surface area contributed by atoms with Crippen molar-refractivity contribution in [3.05, 3.63) is 81.5 Å². The summed E-state index contributed by atoms with van der Waals surface area (Å²) in [4.78, 5) is 56.4. The van der Waals surface area contributed by atoms with Crippen molar-refractivity contribution in [3.8, 4) is 10.6 Å². The molecule has 0 spiro atoms. The first-order chi connectivity index (χ1) is 20.4. The highest BCUT2D eigenvalue weighted by Crippen LogP contribution is 2.31. The molecule has 4 aromatic rings. The quantitative estimate of drug-likeness (QED) is 0.385. The van der Waals surface area contributed by atoms with Crippen molar-refractivity contribution in [3.63, 3.8) is 0 Å². The lowest BCUT2D eigenvalue weighted by atomic mass is 9.99. The maximum atomic E-state index is 13.3. The second-order valence-corrected chi connectivity index (χ2v) is 11.6. The van der Waals surface area contributed by atoms with Crippen LogP contribution < -0.4 is 10.9 Å².